The van der Waals surface area contributed by atoms with Crippen LogP contribution in [0.2, 0.25) is 0 Å². The maximum atomic E-state index is 12.2. The van der Waals surface area contributed by atoms with Crippen molar-refractivity contribution < 1.29 is 23.9 Å². The van der Waals surface area contributed by atoms with Crippen molar-refractivity contribution in [3.05, 3.63) is 95.6 Å². The molecule has 0 spiro atoms. The van der Waals surface area contributed by atoms with E-state index in [9.17, 15) is 14.4 Å². The summed E-state index contributed by atoms with van der Waals surface area (Å²) in [6.45, 7) is -0.833. The average molecular weight is 403 g/mol. The predicted molar refractivity (Wildman–Crippen MR) is 113 cm³/mol. The first-order chi connectivity index (χ1) is 14.7. The highest BCUT2D eigenvalue weighted by atomic mass is 16.6. The van der Waals surface area contributed by atoms with Gasteiger partial charge in [0.05, 0.1) is 5.56 Å². The summed E-state index contributed by atoms with van der Waals surface area (Å²) < 4.78 is 10.3. The molecule has 0 bridgehead atoms. The van der Waals surface area contributed by atoms with Gasteiger partial charge in [-0.3, -0.25) is 9.59 Å². The lowest BCUT2D eigenvalue weighted by Gasteiger charge is -2.12. The predicted octanol–water partition coefficient (Wildman–Crippen LogP) is 3.65. The standard InChI is InChI=1S/C24H21NO5/c26-15-20-11-5-7-13-22(20)29-17-24(28)30-16-23(27)25-21-12-6-4-10-19(21)14-18-8-2-1-3-9-18/h1-13,15H,14,16-17H2,(H,25,27). The fourth-order valence-corrected chi connectivity index (χ4v) is 2.83. The van der Waals surface area contributed by atoms with E-state index in [2.05, 4.69) is 5.32 Å². The molecule has 0 fully saturated rings. The lowest BCUT2D eigenvalue weighted by Crippen LogP contribution is -2.24. The molecule has 0 saturated carbocycles. The Kier molecular flexibility index (Phi) is 7.33. The summed E-state index contributed by atoms with van der Waals surface area (Å²) in [7, 11) is 0. The van der Waals surface area contributed by atoms with Crippen LogP contribution in [-0.4, -0.2) is 31.4 Å². The lowest BCUT2D eigenvalue weighted by atomic mass is 10.0. The van der Waals surface area contributed by atoms with Gasteiger partial charge >= 0.3 is 5.97 Å². The molecule has 6 nitrogen and oxygen atoms in total. The van der Waals surface area contributed by atoms with Crippen molar-refractivity contribution >= 4 is 23.9 Å². The van der Waals surface area contributed by atoms with Crippen LogP contribution in [0.3, 0.4) is 0 Å². The van der Waals surface area contributed by atoms with E-state index in [1.165, 1.54) is 0 Å². The van der Waals surface area contributed by atoms with Crippen LogP contribution in [0.5, 0.6) is 5.75 Å². The van der Waals surface area contributed by atoms with Crippen LogP contribution in [0, 0.1) is 0 Å². The Labute approximate surface area is 174 Å². The summed E-state index contributed by atoms with van der Waals surface area (Å²) in [6.07, 6.45) is 1.31. The average Bonchev–Trinajstić information content (AvgIpc) is 2.78. The zero-order valence-corrected chi connectivity index (χ0v) is 16.2. The smallest absolute Gasteiger partial charge is 0.344 e. The van der Waals surface area contributed by atoms with E-state index >= 15 is 0 Å². The van der Waals surface area contributed by atoms with Crippen molar-refractivity contribution in [2.24, 2.45) is 0 Å². The highest BCUT2D eigenvalue weighted by Gasteiger charge is 2.12. The number of aldehydes is 1. The fourth-order valence-electron chi connectivity index (χ4n) is 2.83. The molecule has 0 heterocycles. The molecule has 0 atom stereocenters. The van der Waals surface area contributed by atoms with Gasteiger partial charge in [0.15, 0.2) is 19.5 Å². The number of hydrogen-bond donors (Lipinski definition) is 1. The molecule has 3 rings (SSSR count). The zero-order chi connectivity index (χ0) is 21.2. The minimum atomic E-state index is -0.705. The first-order valence-electron chi connectivity index (χ1n) is 9.40. The van der Waals surface area contributed by atoms with Crippen LogP contribution in [0.4, 0.5) is 5.69 Å². The second-order valence-electron chi connectivity index (χ2n) is 6.47. The van der Waals surface area contributed by atoms with Crippen LogP contribution in [0.1, 0.15) is 21.5 Å². The van der Waals surface area contributed by atoms with Crippen LogP contribution < -0.4 is 10.1 Å². The van der Waals surface area contributed by atoms with Gasteiger partial charge in [0.2, 0.25) is 0 Å². The molecule has 0 aliphatic rings. The van der Waals surface area contributed by atoms with Crippen LogP contribution in [0.15, 0.2) is 78.9 Å². The number of esters is 1. The molecule has 0 aromatic heterocycles. The molecule has 1 amide bonds. The number of ether oxygens (including phenoxy) is 2. The number of anilines is 1. The van der Waals surface area contributed by atoms with Crippen LogP contribution in [0.25, 0.3) is 0 Å². The van der Waals surface area contributed by atoms with Gasteiger partial charge in [0, 0.05) is 5.69 Å². The number of benzene rings is 3. The number of rotatable bonds is 9. The molecular weight excluding hydrogens is 382 g/mol. The van der Waals surface area contributed by atoms with E-state index in [1.807, 2.05) is 48.5 Å². The largest absolute Gasteiger partial charge is 0.481 e. The first-order valence-corrected chi connectivity index (χ1v) is 9.40. The van der Waals surface area contributed by atoms with Gasteiger partial charge in [-0.2, -0.15) is 0 Å². The van der Waals surface area contributed by atoms with Gasteiger partial charge in [-0.25, -0.2) is 4.79 Å². The Morgan fingerprint density at radius 3 is 2.33 bits per heavy atom. The molecule has 0 unspecified atom stereocenters. The van der Waals surface area contributed by atoms with Crippen molar-refractivity contribution in [3.63, 3.8) is 0 Å². The van der Waals surface area contributed by atoms with Gasteiger partial charge in [0.25, 0.3) is 5.91 Å². The molecule has 30 heavy (non-hydrogen) atoms. The van der Waals surface area contributed by atoms with Crippen molar-refractivity contribution in [1.82, 2.24) is 0 Å². The van der Waals surface area contributed by atoms with Crippen LogP contribution in [-0.2, 0) is 20.7 Å². The normalized spacial score (nSPS) is 10.1. The van der Waals surface area contributed by atoms with Gasteiger partial charge in [-0.1, -0.05) is 60.7 Å². The first kappa shape index (κ1) is 20.8. The molecule has 6 heteroatoms. The molecule has 0 radical (unpaired) electrons. The summed E-state index contributed by atoms with van der Waals surface area (Å²) in [5, 5.41) is 2.77. The summed E-state index contributed by atoms with van der Waals surface area (Å²) in [4.78, 5) is 35.0. The second kappa shape index (κ2) is 10.6. The van der Waals surface area contributed by atoms with Crippen LogP contribution >= 0.6 is 0 Å². The Morgan fingerprint density at radius 2 is 1.53 bits per heavy atom. The molecule has 3 aromatic carbocycles. The molecule has 0 aliphatic heterocycles. The van der Waals surface area contributed by atoms with Crippen molar-refractivity contribution in [1.29, 1.82) is 0 Å². The van der Waals surface area contributed by atoms with Crippen molar-refractivity contribution in [2.45, 2.75) is 6.42 Å². The molecule has 3 aromatic rings. The molecule has 152 valence electrons. The molecule has 0 saturated heterocycles. The van der Waals surface area contributed by atoms with Crippen molar-refractivity contribution in [2.75, 3.05) is 18.5 Å². The van der Waals surface area contributed by atoms with E-state index in [4.69, 9.17) is 9.47 Å². The minimum absolute atomic E-state index is 0.281. The van der Waals surface area contributed by atoms with Gasteiger partial charge in [-0.05, 0) is 35.7 Å². The number of hydrogen-bond acceptors (Lipinski definition) is 5. The van der Waals surface area contributed by atoms with E-state index < -0.39 is 25.1 Å². The van der Waals surface area contributed by atoms with Gasteiger partial charge in [0.1, 0.15) is 5.75 Å². The Balaban J connectivity index is 1.50. The summed E-state index contributed by atoms with van der Waals surface area (Å²) in [5.41, 5.74) is 3.08. The summed E-state index contributed by atoms with van der Waals surface area (Å²) >= 11 is 0. The minimum Gasteiger partial charge on any atom is -0.481 e. The Bertz CT molecular complexity index is 1020. The third kappa shape index (κ3) is 6.04. The van der Waals surface area contributed by atoms with E-state index in [0.29, 0.717) is 24.0 Å². The summed E-state index contributed by atoms with van der Waals surface area (Å²) in [5.74, 6) is -0.871. The highest BCUT2D eigenvalue weighted by molar-refractivity contribution is 5.93. The third-order valence-corrected chi connectivity index (χ3v) is 4.28. The van der Waals surface area contributed by atoms with Crippen molar-refractivity contribution in [3.8, 4) is 5.75 Å². The Morgan fingerprint density at radius 1 is 0.833 bits per heavy atom. The monoisotopic (exact) mass is 403 g/mol. The second-order valence-corrected chi connectivity index (χ2v) is 6.47. The zero-order valence-electron chi connectivity index (χ0n) is 16.2. The lowest BCUT2D eigenvalue weighted by molar-refractivity contribution is -0.149. The quantitative estimate of drug-likeness (QED) is 0.436. The number of carbonyl (C=O) groups is 3. The summed E-state index contributed by atoms with van der Waals surface area (Å²) in [6, 6.07) is 23.9. The maximum absolute atomic E-state index is 12.2. The molecular formula is C24H21NO5. The molecule has 1 N–H and O–H groups in total. The number of nitrogens with one attached hydrogen (secondary N) is 1. The van der Waals surface area contributed by atoms with Gasteiger partial charge in [-0.15, -0.1) is 0 Å². The topological polar surface area (TPSA) is 81.7 Å². The maximum Gasteiger partial charge on any atom is 0.344 e. The highest BCUT2D eigenvalue weighted by Crippen LogP contribution is 2.19. The number of para-hydroxylation sites is 2. The Hall–Kier alpha value is -3.93. The SMILES string of the molecule is O=Cc1ccccc1OCC(=O)OCC(=O)Nc1ccccc1Cc1ccccc1. The fraction of sp³-hybridized carbons (Fsp3) is 0.125. The number of carbonyl (C=O) groups excluding carboxylic acids is 3. The van der Waals surface area contributed by atoms with E-state index in [1.54, 1.807) is 30.3 Å². The molecule has 0 aliphatic carbocycles. The van der Waals surface area contributed by atoms with Gasteiger partial charge < -0.3 is 14.8 Å². The number of amides is 1. The third-order valence-electron chi connectivity index (χ3n) is 4.28. The van der Waals surface area contributed by atoms with E-state index in [-0.39, 0.29) is 5.75 Å². The van der Waals surface area contributed by atoms with E-state index in [0.717, 1.165) is 11.1 Å².